The van der Waals surface area contributed by atoms with Gasteiger partial charge in [0.1, 0.15) is 0 Å². The van der Waals surface area contributed by atoms with Crippen LogP contribution in [0.1, 0.15) is 38.2 Å². The summed E-state index contributed by atoms with van der Waals surface area (Å²) in [6, 6.07) is 7.77. The smallest absolute Gasteiger partial charge is 0.224 e. The van der Waals surface area contributed by atoms with Gasteiger partial charge in [-0.05, 0) is 36.5 Å². The summed E-state index contributed by atoms with van der Waals surface area (Å²) in [6.45, 7) is 2.21. The Morgan fingerprint density at radius 1 is 1.55 bits per heavy atom. The summed E-state index contributed by atoms with van der Waals surface area (Å²) in [5.74, 6) is 0.549. The number of carbonyl (C=O) groups excluding carboxylic acids is 1. The zero-order valence-corrected chi connectivity index (χ0v) is 13.4. The van der Waals surface area contributed by atoms with Crippen LogP contribution in [0.3, 0.4) is 0 Å². The number of hydrogen-bond acceptors (Lipinski definition) is 2. The third-order valence-electron chi connectivity index (χ3n) is 4.05. The first-order valence-electron chi connectivity index (χ1n) is 7.19. The van der Waals surface area contributed by atoms with E-state index in [2.05, 4.69) is 28.2 Å². The number of nitrogens with one attached hydrogen (secondary N) is 1. The highest BCUT2D eigenvalue weighted by molar-refractivity contribution is 9.10. The Kier molecular flexibility index (Phi) is 5.22. The lowest BCUT2D eigenvalue weighted by atomic mass is 9.76. The van der Waals surface area contributed by atoms with Crippen LogP contribution in [0.4, 0.5) is 0 Å². The SMILES string of the molecule is CC1CCCC(CO)(NC(=O)Cc2cccc(Br)c2)C1. The molecule has 2 atom stereocenters. The van der Waals surface area contributed by atoms with E-state index >= 15 is 0 Å². The molecular weight excluding hydrogens is 318 g/mol. The van der Waals surface area contributed by atoms with E-state index in [0.29, 0.717) is 12.3 Å². The number of benzene rings is 1. The number of amides is 1. The van der Waals surface area contributed by atoms with Crippen LogP contribution in [0.15, 0.2) is 28.7 Å². The van der Waals surface area contributed by atoms with Gasteiger partial charge in [0.05, 0.1) is 18.6 Å². The van der Waals surface area contributed by atoms with Crippen molar-refractivity contribution in [3.05, 3.63) is 34.3 Å². The molecule has 2 rings (SSSR count). The van der Waals surface area contributed by atoms with E-state index in [4.69, 9.17) is 0 Å². The van der Waals surface area contributed by atoms with Crippen molar-refractivity contribution in [2.75, 3.05) is 6.61 Å². The minimum Gasteiger partial charge on any atom is -0.394 e. The van der Waals surface area contributed by atoms with E-state index in [0.717, 1.165) is 29.3 Å². The molecule has 3 nitrogen and oxygen atoms in total. The van der Waals surface area contributed by atoms with Gasteiger partial charge in [0.15, 0.2) is 0 Å². The van der Waals surface area contributed by atoms with E-state index in [-0.39, 0.29) is 12.5 Å². The Bertz CT molecular complexity index is 477. The largest absolute Gasteiger partial charge is 0.394 e. The Hall–Kier alpha value is -0.870. The summed E-state index contributed by atoms with van der Waals surface area (Å²) in [4.78, 5) is 12.2. The Balaban J connectivity index is 1.99. The fourth-order valence-electron chi connectivity index (χ4n) is 3.13. The van der Waals surface area contributed by atoms with Gasteiger partial charge in [0.2, 0.25) is 5.91 Å². The number of rotatable bonds is 4. The van der Waals surface area contributed by atoms with Crippen molar-refractivity contribution in [3.8, 4) is 0 Å². The third-order valence-corrected chi connectivity index (χ3v) is 4.55. The van der Waals surface area contributed by atoms with E-state index in [9.17, 15) is 9.90 Å². The molecule has 20 heavy (non-hydrogen) atoms. The monoisotopic (exact) mass is 339 g/mol. The summed E-state index contributed by atoms with van der Waals surface area (Å²) >= 11 is 3.41. The van der Waals surface area contributed by atoms with Gasteiger partial charge in [0.25, 0.3) is 0 Å². The second-order valence-electron chi connectivity index (χ2n) is 5.99. The highest BCUT2D eigenvalue weighted by atomic mass is 79.9. The van der Waals surface area contributed by atoms with E-state index in [1.54, 1.807) is 0 Å². The summed E-state index contributed by atoms with van der Waals surface area (Å²) in [7, 11) is 0. The lowest BCUT2D eigenvalue weighted by molar-refractivity contribution is -0.123. The molecule has 1 aromatic rings. The molecule has 1 saturated carbocycles. The first kappa shape index (κ1) is 15.5. The van der Waals surface area contributed by atoms with Crippen LogP contribution in [0, 0.1) is 5.92 Å². The highest BCUT2D eigenvalue weighted by Crippen LogP contribution is 2.32. The Labute approximate surface area is 128 Å². The maximum atomic E-state index is 12.2. The standard InChI is InChI=1S/C16H22BrNO2/c1-12-4-3-7-16(10-12,11-19)18-15(20)9-13-5-2-6-14(17)8-13/h2,5-6,8,12,19H,3-4,7,9-11H2,1H3,(H,18,20). The average molecular weight is 340 g/mol. The molecule has 1 aromatic carbocycles. The lowest BCUT2D eigenvalue weighted by Crippen LogP contribution is -2.54. The average Bonchev–Trinajstić information content (AvgIpc) is 2.38. The molecule has 1 aliphatic carbocycles. The van der Waals surface area contributed by atoms with Crippen molar-refractivity contribution in [3.63, 3.8) is 0 Å². The van der Waals surface area contributed by atoms with Crippen LogP contribution < -0.4 is 5.32 Å². The van der Waals surface area contributed by atoms with Gasteiger partial charge in [-0.1, -0.05) is 47.8 Å². The van der Waals surface area contributed by atoms with Crippen LogP contribution in [-0.2, 0) is 11.2 Å². The van der Waals surface area contributed by atoms with E-state index in [1.807, 2.05) is 24.3 Å². The lowest BCUT2D eigenvalue weighted by Gasteiger charge is -2.39. The molecule has 0 spiro atoms. The fourth-order valence-corrected chi connectivity index (χ4v) is 3.58. The van der Waals surface area contributed by atoms with E-state index in [1.165, 1.54) is 6.42 Å². The van der Waals surface area contributed by atoms with Gasteiger partial charge < -0.3 is 10.4 Å². The van der Waals surface area contributed by atoms with Crippen molar-refractivity contribution in [2.24, 2.45) is 5.92 Å². The molecule has 110 valence electrons. The summed E-state index contributed by atoms with van der Waals surface area (Å²) < 4.78 is 0.978. The minimum atomic E-state index is -0.416. The normalized spacial score (nSPS) is 26.2. The van der Waals surface area contributed by atoms with Gasteiger partial charge in [-0.15, -0.1) is 0 Å². The van der Waals surface area contributed by atoms with E-state index < -0.39 is 5.54 Å². The second kappa shape index (κ2) is 6.72. The first-order chi connectivity index (χ1) is 9.53. The van der Waals surface area contributed by atoms with Gasteiger partial charge in [-0.25, -0.2) is 0 Å². The zero-order valence-electron chi connectivity index (χ0n) is 11.9. The molecule has 0 saturated heterocycles. The maximum absolute atomic E-state index is 12.2. The van der Waals surface area contributed by atoms with Crippen LogP contribution >= 0.6 is 15.9 Å². The molecule has 0 aliphatic heterocycles. The van der Waals surface area contributed by atoms with Crippen LogP contribution in [0.2, 0.25) is 0 Å². The molecule has 1 amide bonds. The summed E-state index contributed by atoms with van der Waals surface area (Å²) in [6.07, 6.45) is 4.35. The molecule has 0 heterocycles. The zero-order chi connectivity index (χ0) is 14.6. The number of hydrogen-bond donors (Lipinski definition) is 2. The molecule has 0 aromatic heterocycles. The molecule has 2 N–H and O–H groups in total. The first-order valence-corrected chi connectivity index (χ1v) is 7.99. The van der Waals surface area contributed by atoms with Crippen LogP contribution in [-0.4, -0.2) is 23.2 Å². The van der Waals surface area contributed by atoms with Crippen LogP contribution in [0.25, 0.3) is 0 Å². The fraction of sp³-hybridized carbons (Fsp3) is 0.562. The number of aliphatic hydroxyl groups is 1. The molecule has 2 unspecified atom stereocenters. The predicted octanol–water partition coefficient (Wildman–Crippen LogP) is 3.05. The maximum Gasteiger partial charge on any atom is 0.224 e. The third kappa shape index (κ3) is 4.06. The minimum absolute atomic E-state index is 0.00810. The Morgan fingerprint density at radius 3 is 3.00 bits per heavy atom. The molecule has 1 fully saturated rings. The number of carbonyl (C=O) groups is 1. The number of aliphatic hydroxyl groups excluding tert-OH is 1. The topological polar surface area (TPSA) is 49.3 Å². The summed E-state index contributed by atoms with van der Waals surface area (Å²) in [5, 5.41) is 12.8. The van der Waals surface area contributed by atoms with Gasteiger partial charge in [0, 0.05) is 4.47 Å². The van der Waals surface area contributed by atoms with Gasteiger partial charge in [-0.3, -0.25) is 4.79 Å². The Morgan fingerprint density at radius 2 is 2.35 bits per heavy atom. The van der Waals surface area contributed by atoms with Gasteiger partial charge >= 0.3 is 0 Å². The van der Waals surface area contributed by atoms with Crippen molar-refractivity contribution in [1.29, 1.82) is 0 Å². The second-order valence-corrected chi connectivity index (χ2v) is 6.91. The molecule has 0 radical (unpaired) electrons. The quantitative estimate of drug-likeness (QED) is 0.885. The summed E-state index contributed by atoms with van der Waals surface area (Å²) in [5.41, 5.74) is 0.564. The van der Waals surface area contributed by atoms with Crippen molar-refractivity contribution in [2.45, 2.75) is 44.6 Å². The van der Waals surface area contributed by atoms with Crippen molar-refractivity contribution >= 4 is 21.8 Å². The highest BCUT2D eigenvalue weighted by Gasteiger charge is 2.35. The van der Waals surface area contributed by atoms with Crippen LogP contribution in [0.5, 0.6) is 0 Å². The predicted molar refractivity (Wildman–Crippen MR) is 83.4 cm³/mol. The van der Waals surface area contributed by atoms with Gasteiger partial charge in [-0.2, -0.15) is 0 Å². The molecular formula is C16H22BrNO2. The van der Waals surface area contributed by atoms with Crippen molar-refractivity contribution in [1.82, 2.24) is 5.32 Å². The number of halogens is 1. The van der Waals surface area contributed by atoms with Crippen molar-refractivity contribution < 1.29 is 9.90 Å². The molecule has 4 heteroatoms. The molecule has 1 aliphatic rings. The molecule has 0 bridgehead atoms.